The molecule has 5 heteroatoms. The van der Waals surface area contributed by atoms with Crippen molar-refractivity contribution in [2.45, 2.75) is 19.1 Å². The van der Waals surface area contributed by atoms with Gasteiger partial charge in [0.2, 0.25) is 5.72 Å². The number of carboxylic acid groups (broad SMARTS) is 1. The lowest BCUT2D eigenvalue weighted by molar-refractivity contribution is -0.136. The molecule has 0 heterocycles. The van der Waals surface area contributed by atoms with Crippen LogP contribution in [0, 0.1) is 0 Å². The molecule has 0 aromatic heterocycles. The minimum Gasteiger partial charge on any atom is -0.481 e. The molecule has 1 atom stereocenters. The van der Waals surface area contributed by atoms with Gasteiger partial charge < -0.3 is 10.2 Å². The summed E-state index contributed by atoms with van der Waals surface area (Å²) in [6.45, 7) is 1.61. The SMILES string of the molecule is CC(O)(/N=N/CCC(=O)O)c1c2ccccc2cc2ccccc12. The van der Waals surface area contributed by atoms with Crippen molar-refractivity contribution in [3.05, 3.63) is 60.2 Å². The molecule has 0 aliphatic heterocycles. The molecule has 0 aliphatic carbocycles. The third-order valence-corrected chi connectivity index (χ3v) is 3.94. The van der Waals surface area contributed by atoms with E-state index in [4.69, 9.17) is 5.11 Å². The van der Waals surface area contributed by atoms with E-state index in [-0.39, 0.29) is 13.0 Å². The topological polar surface area (TPSA) is 82.2 Å². The number of fused-ring (bicyclic) bond motifs is 2. The first kappa shape index (κ1) is 16.1. The first-order valence-electron chi connectivity index (χ1n) is 7.73. The summed E-state index contributed by atoms with van der Waals surface area (Å²) in [5.74, 6) is -0.941. The van der Waals surface area contributed by atoms with Crippen LogP contribution in [0.3, 0.4) is 0 Å². The molecule has 2 N–H and O–H groups in total. The van der Waals surface area contributed by atoms with Crippen molar-refractivity contribution in [2.75, 3.05) is 6.54 Å². The van der Waals surface area contributed by atoms with E-state index >= 15 is 0 Å². The molecule has 0 radical (unpaired) electrons. The van der Waals surface area contributed by atoms with Crippen LogP contribution in [-0.2, 0) is 10.5 Å². The van der Waals surface area contributed by atoms with Gasteiger partial charge in [0.05, 0.1) is 13.0 Å². The zero-order valence-corrected chi connectivity index (χ0v) is 13.3. The van der Waals surface area contributed by atoms with Crippen LogP contribution in [0.2, 0.25) is 0 Å². The summed E-state index contributed by atoms with van der Waals surface area (Å²) < 4.78 is 0. The van der Waals surface area contributed by atoms with Crippen molar-refractivity contribution < 1.29 is 15.0 Å². The number of benzene rings is 3. The molecule has 5 nitrogen and oxygen atoms in total. The molecule has 0 saturated carbocycles. The van der Waals surface area contributed by atoms with Crippen LogP contribution in [0.4, 0.5) is 0 Å². The summed E-state index contributed by atoms with van der Waals surface area (Å²) in [4.78, 5) is 10.6. The maximum atomic E-state index is 10.9. The number of nitrogens with zero attached hydrogens (tertiary/aromatic N) is 2. The normalized spacial score (nSPS) is 14.2. The Hall–Kier alpha value is -2.79. The predicted octanol–water partition coefficient (Wildman–Crippen LogP) is 4.08. The van der Waals surface area contributed by atoms with Crippen LogP contribution in [0.5, 0.6) is 0 Å². The second kappa shape index (κ2) is 6.37. The van der Waals surface area contributed by atoms with Crippen molar-refractivity contribution in [3.8, 4) is 0 Å². The Kier molecular flexibility index (Phi) is 4.27. The number of azo groups is 1. The van der Waals surface area contributed by atoms with E-state index in [0.717, 1.165) is 21.5 Å². The van der Waals surface area contributed by atoms with Crippen LogP contribution in [0.15, 0.2) is 64.8 Å². The predicted molar refractivity (Wildman–Crippen MR) is 93.0 cm³/mol. The molecular formula is C19H18N2O3. The lowest BCUT2D eigenvalue weighted by Gasteiger charge is -2.22. The standard InChI is InChI=1S/C19H18N2O3/c1-19(24,21-20-11-10-17(22)23)18-15-8-4-2-6-13(15)12-14-7-3-5-9-16(14)18/h2-9,12,24H,10-11H2,1H3,(H,22,23)/b21-20+. The van der Waals surface area contributed by atoms with Gasteiger partial charge in [0, 0.05) is 5.56 Å². The maximum absolute atomic E-state index is 10.9. The van der Waals surface area contributed by atoms with Gasteiger partial charge in [-0.05, 0) is 34.5 Å². The van der Waals surface area contributed by atoms with E-state index < -0.39 is 11.7 Å². The number of hydrogen-bond donors (Lipinski definition) is 2. The number of rotatable bonds is 5. The van der Waals surface area contributed by atoms with Gasteiger partial charge in [-0.15, -0.1) is 0 Å². The first-order chi connectivity index (χ1) is 11.5. The van der Waals surface area contributed by atoms with Gasteiger partial charge in [-0.2, -0.15) is 10.2 Å². The monoisotopic (exact) mass is 322 g/mol. The summed E-state index contributed by atoms with van der Waals surface area (Å²) in [6, 6.07) is 17.7. The molecule has 0 aliphatic rings. The Labute approximate surface area is 139 Å². The third kappa shape index (κ3) is 3.12. The van der Waals surface area contributed by atoms with Gasteiger partial charge in [-0.1, -0.05) is 48.5 Å². The fourth-order valence-corrected chi connectivity index (χ4v) is 2.91. The second-order valence-electron chi connectivity index (χ2n) is 5.82. The van der Waals surface area contributed by atoms with Crippen molar-refractivity contribution in [3.63, 3.8) is 0 Å². The Morgan fingerprint density at radius 3 is 2.12 bits per heavy atom. The molecule has 0 amide bonds. The molecule has 1 unspecified atom stereocenters. The van der Waals surface area contributed by atoms with E-state index in [2.05, 4.69) is 16.3 Å². The van der Waals surface area contributed by atoms with Crippen molar-refractivity contribution in [1.29, 1.82) is 0 Å². The Balaban J connectivity index is 2.16. The summed E-state index contributed by atoms with van der Waals surface area (Å²) in [6.07, 6.45) is -0.115. The van der Waals surface area contributed by atoms with Gasteiger partial charge in [0.1, 0.15) is 0 Å². The zero-order chi connectivity index (χ0) is 17.2. The van der Waals surface area contributed by atoms with Crippen LogP contribution in [0.25, 0.3) is 21.5 Å². The molecule has 0 saturated heterocycles. The molecule has 3 aromatic rings. The lowest BCUT2D eigenvalue weighted by Crippen LogP contribution is -2.19. The summed E-state index contributed by atoms with van der Waals surface area (Å²) in [5, 5.41) is 31.3. The molecule has 0 bridgehead atoms. The second-order valence-corrected chi connectivity index (χ2v) is 5.82. The van der Waals surface area contributed by atoms with E-state index in [9.17, 15) is 9.90 Å². The summed E-state index contributed by atoms with van der Waals surface area (Å²) in [7, 11) is 0. The Bertz CT molecular complexity index is 878. The summed E-state index contributed by atoms with van der Waals surface area (Å²) >= 11 is 0. The van der Waals surface area contributed by atoms with Gasteiger partial charge in [-0.25, -0.2) is 0 Å². The van der Waals surface area contributed by atoms with Gasteiger partial charge in [0.25, 0.3) is 0 Å². The number of carbonyl (C=O) groups is 1. The minimum atomic E-state index is -1.54. The number of carboxylic acids is 1. The number of hydrogen-bond acceptors (Lipinski definition) is 4. The van der Waals surface area contributed by atoms with Crippen molar-refractivity contribution in [1.82, 2.24) is 0 Å². The minimum absolute atomic E-state index is 0.0359. The van der Waals surface area contributed by atoms with Gasteiger partial charge in [0.15, 0.2) is 0 Å². The quantitative estimate of drug-likeness (QED) is 0.548. The van der Waals surface area contributed by atoms with E-state index in [0.29, 0.717) is 5.56 Å². The highest BCUT2D eigenvalue weighted by Gasteiger charge is 2.27. The maximum Gasteiger partial charge on any atom is 0.305 e. The average molecular weight is 322 g/mol. The highest BCUT2D eigenvalue weighted by molar-refractivity contribution is 6.02. The van der Waals surface area contributed by atoms with Crippen LogP contribution >= 0.6 is 0 Å². The number of aliphatic hydroxyl groups is 1. The number of aliphatic carboxylic acids is 1. The fourth-order valence-electron chi connectivity index (χ4n) is 2.91. The largest absolute Gasteiger partial charge is 0.481 e. The third-order valence-electron chi connectivity index (χ3n) is 3.94. The van der Waals surface area contributed by atoms with Crippen LogP contribution in [0.1, 0.15) is 18.9 Å². The first-order valence-corrected chi connectivity index (χ1v) is 7.73. The van der Waals surface area contributed by atoms with E-state index in [1.54, 1.807) is 6.92 Å². The molecule has 122 valence electrons. The Morgan fingerprint density at radius 2 is 1.58 bits per heavy atom. The van der Waals surface area contributed by atoms with Gasteiger partial charge in [-0.3, -0.25) is 4.79 Å². The van der Waals surface area contributed by atoms with Crippen LogP contribution < -0.4 is 0 Å². The highest BCUT2D eigenvalue weighted by atomic mass is 16.4. The molecule has 3 aromatic carbocycles. The van der Waals surface area contributed by atoms with E-state index in [1.807, 2.05) is 48.5 Å². The molecule has 3 rings (SSSR count). The van der Waals surface area contributed by atoms with E-state index in [1.165, 1.54) is 0 Å². The Morgan fingerprint density at radius 1 is 1.04 bits per heavy atom. The van der Waals surface area contributed by atoms with Crippen molar-refractivity contribution >= 4 is 27.5 Å². The van der Waals surface area contributed by atoms with Gasteiger partial charge >= 0.3 is 5.97 Å². The van der Waals surface area contributed by atoms with Crippen LogP contribution in [-0.4, -0.2) is 22.7 Å². The average Bonchev–Trinajstić information content (AvgIpc) is 2.56. The fraction of sp³-hybridized carbons (Fsp3) is 0.211. The smallest absolute Gasteiger partial charge is 0.305 e. The molecular weight excluding hydrogens is 304 g/mol. The summed E-state index contributed by atoms with van der Waals surface area (Å²) in [5.41, 5.74) is -0.867. The highest BCUT2D eigenvalue weighted by Crippen LogP contribution is 2.36. The molecule has 0 fully saturated rings. The molecule has 0 spiro atoms. The lowest BCUT2D eigenvalue weighted by atomic mass is 9.91. The van der Waals surface area contributed by atoms with Crippen molar-refractivity contribution in [2.24, 2.45) is 10.2 Å². The molecule has 24 heavy (non-hydrogen) atoms. The zero-order valence-electron chi connectivity index (χ0n) is 13.3.